The molecule has 0 radical (unpaired) electrons. The van der Waals surface area contributed by atoms with Crippen molar-refractivity contribution < 1.29 is 0 Å². The van der Waals surface area contributed by atoms with E-state index < -0.39 is 0 Å². The van der Waals surface area contributed by atoms with Crippen LogP contribution in [0.1, 0.15) is 44.2 Å². The number of nitrogens with one attached hydrogen (secondary N) is 1. The molecule has 2 aromatic rings. The van der Waals surface area contributed by atoms with Crippen molar-refractivity contribution in [3.63, 3.8) is 0 Å². The maximum atomic E-state index is 4.39. The average Bonchev–Trinajstić information content (AvgIpc) is 2.86. The lowest BCUT2D eigenvalue weighted by Crippen LogP contribution is -2.26. The Hall–Kier alpha value is -1.75. The minimum atomic E-state index is 0.0357. The summed E-state index contributed by atoms with van der Waals surface area (Å²) in [6, 6.07) is 2.39. The Morgan fingerprint density at radius 1 is 1.28 bits per heavy atom. The largest absolute Gasteiger partial charge is 0.304 e. The van der Waals surface area contributed by atoms with Crippen LogP contribution in [0, 0.1) is 0 Å². The summed E-state index contributed by atoms with van der Waals surface area (Å²) in [6.45, 7) is 7.19. The van der Waals surface area contributed by atoms with Gasteiger partial charge in [0.05, 0.1) is 23.6 Å². The van der Waals surface area contributed by atoms with Crippen LogP contribution in [0.4, 0.5) is 0 Å². The van der Waals surface area contributed by atoms with Crippen molar-refractivity contribution in [2.24, 2.45) is 0 Å². The Kier molecular flexibility index (Phi) is 4.04. The molecule has 0 aliphatic heterocycles. The zero-order valence-electron chi connectivity index (χ0n) is 11.0. The molecule has 0 saturated carbocycles. The van der Waals surface area contributed by atoms with Gasteiger partial charge in [-0.1, -0.05) is 6.92 Å². The maximum Gasteiger partial charge on any atom is 0.0937 e. The van der Waals surface area contributed by atoms with Crippen molar-refractivity contribution in [1.29, 1.82) is 0 Å². The van der Waals surface area contributed by atoms with Crippen LogP contribution in [0.3, 0.4) is 0 Å². The fraction of sp³-hybridized carbons (Fsp3) is 0.462. The van der Waals surface area contributed by atoms with E-state index in [-0.39, 0.29) is 6.04 Å². The van der Waals surface area contributed by atoms with Gasteiger partial charge >= 0.3 is 0 Å². The summed E-state index contributed by atoms with van der Waals surface area (Å²) in [5, 5.41) is 7.81. The monoisotopic (exact) mass is 245 g/mol. The van der Waals surface area contributed by atoms with E-state index in [4.69, 9.17) is 0 Å². The smallest absolute Gasteiger partial charge is 0.0937 e. The van der Waals surface area contributed by atoms with Crippen molar-refractivity contribution in [3.8, 4) is 0 Å². The summed E-state index contributed by atoms with van der Waals surface area (Å²) in [5.74, 6) is 0. The van der Waals surface area contributed by atoms with Gasteiger partial charge in [-0.05, 0) is 26.5 Å². The standard InChI is InChI=1S/C13H19N5/c1-4-15-13(11-9-14-7-8-16-11)12-5-6-17-18(12)10(2)3/h5-10,13,15H,4H2,1-3H3. The second-order valence-electron chi connectivity index (χ2n) is 4.42. The lowest BCUT2D eigenvalue weighted by Gasteiger charge is -2.20. The van der Waals surface area contributed by atoms with E-state index in [9.17, 15) is 0 Å². The minimum absolute atomic E-state index is 0.0357. The highest BCUT2D eigenvalue weighted by atomic mass is 15.3. The van der Waals surface area contributed by atoms with Crippen LogP contribution in [0.25, 0.3) is 0 Å². The minimum Gasteiger partial charge on any atom is -0.304 e. The molecule has 2 heterocycles. The van der Waals surface area contributed by atoms with Crippen LogP contribution in [0.15, 0.2) is 30.9 Å². The molecule has 0 aromatic carbocycles. The first-order valence-corrected chi connectivity index (χ1v) is 6.26. The van der Waals surface area contributed by atoms with Crippen molar-refractivity contribution in [2.75, 3.05) is 6.54 Å². The van der Waals surface area contributed by atoms with Gasteiger partial charge in [0.15, 0.2) is 0 Å². The van der Waals surface area contributed by atoms with Crippen LogP contribution in [0.5, 0.6) is 0 Å². The molecule has 1 unspecified atom stereocenters. The molecule has 0 saturated heterocycles. The van der Waals surface area contributed by atoms with Gasteiger partial charge < -0.3 is 5.32 Å². The number of nitrogens with zero attached hydrogens (tertiary/aromatic N) is 4. The third kappa shape index (κ3) is 2.56. The van der Waals surface area contributed by atoms with E-state index >= 15 is 0 Å². The summed E-state index contributed by atoms with van der Waals surface area (Å²) in [5.41, 5.74) is 2.04. The molecular formula is C13H19N5. The van der Waals surface area contributed by atoms with Gasteiger partial charge in [-0.2, -0.15) is 5.10 Å². The molecule has 96 valence electrons. The molecule has 5 nitrogen and oxygen atoms in total. The Morgan fingerprint density at radius 3 is 2.72 bits per heavy atom. The van der Waals surface area contributed by atoms with Gasteiger partial charge in [-0.15, -0.1) is 0 Å². The highest BCUT2D eigenvalue weighted by Crippen LogP contribution is 2.21. The van der Waals surface area contributed by atoms with Crippen molar-refractivity contribution in [2.45, 2.75) is 32.9 Å². The first-order valence-electron chi connectivity index (χ1n) is 6.26. The van der Waals surface area contributed by atoms with E-state index in [1.54, 1.807) is 18.6 Å². The third-order valence-corrected chi connectivity index (χ3v) is 2.77. The number of rotatable bonds is 5. The number of hydrogen-bond donors (Lipinski definition) is 1. The summed E-state index contributed by atoms with van der Waals surface area (Å²) >= 11 is 0. The van der Waals surface area contributed by atoms with E-state index in [1.807, 2.05) is 16.9 Å². The molecule has 2 rings (SSSR count). The quantitative estimate of drug-likeness (QED) is 0.874. The molecule has 0 spiro atoms. The normalized spacial score (nSPS) is 12.9. The lowest BCUT2D eigenvalue weighted by atomic mass is 10.1. The van der Waals surface area contributed by atoms with Gasteiger partial charge in [0, 0.05) is 24.6 Å². The molecule has 1 atom stereocenters. The van der Waals surface area contributed by atoms with Gasteiger partial charge in [-0.25, -0.2) is 0 Å². The molecule has 0 amide bonds. The van der Waals surface area contributed by atoms with Crippen LogP contribution < -0.4 is 5.32 Å². The summed E-state index contributed by atoms with van der Waals surface area (Å²) in [4.78, 5) is 8.53. The van der Waals surface area contributed by atoms with Gasteiger partial charge in [0.2, 0.25) is 0 Å². The van der Waals surface area contributed by atoms with Gasteiger partial charge in [-0.3, -0.25) is 14.6 Å². The molecule has 5 heteroatoms. The molecule has 2 aromatic heterocycles. The van der Waals surface area contributed by atoms with E-state index in [1.165, 1.54) is 0 Å². The SMILES string of the molecule is CCNC(c1cnccn1)c1ccnn1C(C)C. The first kappa shape index (κ1) is 12.7. The Balaban J connectivity index is 2.39. The molecular weight excluding hydrogens is 226 g/mol. The predicted molar refractivity (Wildman–Crippen MR) is 70.2 cm³/mol. The molecule has 0 bridgehead atoms. The second kappa shape index (κ2) is 5.73. The average molecular weight is 245 g/mol. The Morgan fingerprint density at radius 2 is 2.11 bits per heavy atom. The zero-order valence-corrected chi connectivity index (χ0v) is 11.0. The Labute approximate surface area is 107 Å². The molecule has 0 aliphatic rings. The number of aromatic nitrogens is 4. The van der Waals surface area contributed by atoms with Crippen molar-refractivity contribution in [1.82, 2.24) is 25.1 Å². The topological polar surface area (TPSA) is 55.6 Å². The van der Waals surface area contributed by atoms with Crippen LogP contribution in [-0.2, 0) is 0 Å². The summed E-state index contributed by atoms with van der Waals surface area (Å²) in [6.07, 6.45) is 7.03. The van der Waals surface area contributed by atoms with E-state index in [0.29, 0.717) is 6.04 Å². The van der Waals surface area contributed by atoms with Crippen molar-refractivity contribution in [3.05, 3.63) is 42.2 Å². The Bertz CT molecular complexity index is 477. The van der Waals surface area contributed by atoms with Crippen LogP contribution >= 0.6 is 0 Å². The lowest BCUT2D eigenvalue weighted by molar-refractivity contribution is 0.472. The highest BCUT2D eigenvalue weighted by molar-refractivity contribution is 5.19. The summed E-state index contributed by atoms with van der Waals surface area (Å²) in [7, 11) is 0. The fourth-order valence-electron chi connectivity index (χ4n) is 2.01. The van der Waals surface area contributed by atoms with Gasteiger partial charge in [0.25, 0.3) is 0 Å². The zero-order chi connectivity index (χ0) is 13.0. The van der Waals surface area contributed by atoms with E-state index in [2.05, 4.69) is 41.2 Å². The van der Waals surface area contributed by atoms with E-state index in [0.717, 1.165) is 17.9 Å². The summed E-state index contributed by atoms with van der Waals surface area (Å²) < 4.78 is 2.02. The van der Waals surface area contributed by atoms with Gasteiger partial charge in [0.1, 0.15) is 0 Å². The van der Waals surface area contributed by atoms with Crippen LogP contribution in [-0.4, -0.2) is 26.3 Å². The fourth-order valence-corrected chi connectivity index (χ4v) is 2.01. The maximum absolute atomic E-state index is 4.39. The molecule has 1 N–H and O–H groups in total. The highest BCUT2D eigenvalue weighted by Gasteiger charge is 2.19. The molecule has 0 aliphatic carbocycles. The second-order valence-corrected chi connectivity index (χ2v) is 4.42. The predicted octanol–water partition coefficient (Wildman–Crippen LogP) is 1.95. The van der Waals surface area contributed by atoms with Crippen LogP contribution in [0.2, 0.25) is 0 Å². The van der Waals surface area contributed by atoms with Crippen molar-refractivity contribution >= 4 is 0 Å². The first-order chi connectivity index (χ1) is 8.74. The molecule has 18 heavy (non-hydrogen) atoms. The molecule has 0 fully saturated rings. The third-order valence-electron chi connectivity index (χ3n) is 2.77. The number of hydrogen-bond acceptors (Lipinski definition) is 4.